The number of hydrogen-bond donors (Lipinski definition) is 1. The van der Waals surface area contributed by atoms with Gasteiger partial charge in [-0.3, -0.25) is 4.79 Å². The van der Waals surface area contributed by atoms with Gasteiger partial charge in [0.25, 0.3) is 0 Å². The Labute approximate surface area is 131 Å². The fourth-order valence-electron chi connectivity index (χ4n) is 1.04. The van der Waals surface area contributed by atoms with Gasteiger partial charge in [-0.25, -0.2) is 13.2 Å². The Bertz CT molecular complexity index is 630. The number of hydrogen-bond acceptors (Lipinski definition) is 7. The summed E-state index contributed by atoms with van der Waals surface area (Å²) in [6.45, 7) is 2.84. The summed E-state index contributed by atoms with van der Waals surface area (Å²) in [5.74, 6) is -8.93. The van der Waals surface area contributed by atoms with E-state index in [9.17, 15) is 44.5 Å². The van der Waals surface area contributed by atoms with Crippen molar-refractivity contribution in [2.75, 3.05) is 6.61 Å². The molecule has 0 radical (unpaired) electrons. The van der Waals surface area contributed by atoms with E-state index in [1.807, 2.05) is 0 Å². The summed E-state index contributed by atoms with van der Waals surface area (Å²) in [5, 5.41) is -4.06. The van der Waals surface area contributed by atoms with Crippen LogP contribution in [0.4, 0.5) is 22.0 Å². The van der Waals surface area contributed by atoms with Gasteiger partial charge < -0.3 is 19.3 Å². The standard InChI is InChI=1S/C10H10F5NO7S/c1-3-6(17)23-9(10(13,14)15,7(18)16-4-2)22-5-8(11,12)24(19,20)21/h3-4H,1-2,5H2,(H,16,18)(H,19,20,21)/p-1. The summed E-state index contributed by atoms with van der Waals surface area (Å²) < 4.78 is 103. The quantitative estimate of drug-likeness (QED) is 0.212. The normalized spacial score (nSPS) is 15.1. The minimum absolute atomic E-state index is 0.146. The predicted molar refractivity (Wildman–Crippen MR) is 64.0 cm³/mol. The Morgan fingerprint density at radius 2 is 1.67 bits per heavy atom. The average Bonchev–Trinajstić information content (AvgIpc) is 2.40. The molecule has 1 atom stereocenters. The van der Waals surface area contributed by atoms with E-state index in [4.69, 9.17) is 0 Å². The zero-order valence-electron chi connectivity index (χ0n) is 11.4. The molecule has 0 bridgehead atoms. The van der Waals surface area contributed by atoms with Crippen LogP contribution in [0, 0.1) is 0 Å². The van der Waals surface area contributed by atoms with E-state index < -0.39 is 45.8 Å². The summed E-state index contributed by atoms with van der Waals surface area (Å²) in [4.78, 5) is 22.5. The summed E-state index contributed by atoms with van der Waals surface area (Å²) in [6.07, 6.45) is -5.43. The summed E-state index contributed by atoms with van der Waals surface area (Å²) >= 11 is 0. The van der Waals surface area contributed by atoms with Gasteiger partial charge in [0, 0.05) is 6.08 Å². The highest BCUT2D eigenvalue weighted by Gasteiger charge is 2.67. The predicted octanol–water partition coefficient (Wildman–Crippen LogP) is 0.388. The minimum atomic E-state index is -6.43. The molecule has 0 aromatic carbocycles. The number of ether oxygens (including phenoxy) is 2. The highest BCUT2D eigenvalue weighted by atomic mass is 32.2. The number of rotatable bonds is 8. The molecular weight excluding hydrogens is 373 g/mol. The SMILES string of the molecule is C=CNC(=O)C(OCC(F)(F)S(=O)(=O)[O-])(OC(=O)C=C)C(F)(F)F. The van der Waals surface area contributed by atoms with E-state index in [1.54, 1.807) is 0 Å². The molecule has 1 N–H and O–H groups in total. The number of nitrogens with one attached hydrogen (secondary N) is 1. The molecule has 0 aliphatic carbocycles. The van der Waals surface area contributed by atoms with Crippen LogP contribution in [-0.4, -0.2) is 48.7 Å². The van der Waals surface area contributed by atoms with E-state index in [0.717, 1.165) is 0 Å². The highest BCUT2D eigenvalue weighted by Crippen LogP contribution is 2.37. The number of carbonyl (C=O) groups excluding carboxylic acids is 2. The first-order valence-electron chi connectivity index (χ1n) is 5.46. The molecule has 0 spiro atoms. The second kappa shape index (κ2) is 7.23. The molecule has 0 aromatic rings. The van der Waals surface area contributed by atoms with Crippen LogP contribution in [0.25, 0.3) is 0 Å². The van der Waals surface area contributed by atoms with Crippen molar-refractivity contribution in [1.82, 2.24) is 5.32 Å². The smallest absolute Gasteiger partial charge is 0.466 e. The van der Waals surface area contributed by atoms with E-state index in [0.29, 0.717) is 6.20 Å². The van der Waals surface area contributed by atoms with Crippen LogP contribution in [0.15, 0.2) is 25.4 Å². The average molecular weight is 382 g/mol. The van der Waals surface area contributed by atoms with Crippen molar-refractivity contribution in [2.24, 2.45) is 0 Å². The third kappa shape index (κ3) is 4.72. The third-order valence-corrected chi connectivity index (χ3v) is 2.97. The Morgan fingerprint density at radius 1 is 1.17 bits per heavy atom. The molecule has 0 fully saturated rings. The first-order valence-corrected chi connectivity index (χ1v) is 6.86. The Morgan fingerprint density at radius 3 is 2.00 bits per heavy atom. The monoisotopic (exact) mass is 382 g/mol. The van der Waals surface area contributed by atoms with E-state index in [2.05, 4.69) is 22.6 Å². The van der Waals surface area contributed by atoms with Gasteiger partial charge in [-0.05, 0) is 6.20 Å². The summed E-state index contributed by atoms with van der Waals surface area (Å²) in [5.41, 5.74) is 0. The first kappa shape index (κ1) is 21.9. The van der Waals surface area contributed by atoms with Crippen molar-refractivity contribution in [2.45, 2.75) is 17.2 Å². The number of halogens is 5. The van der Waals surface area contributed by atoms with Crippen LogP contribution in [-0.2, 0) is 29.2 Å². The molecule has 14 heteroatoms. The molecular formula is C10H9F5NO7S-. The van der Waals surface area contributed by atoms with Gasteiger partial charge in [0.15, 0.2) is 10.1 Å². The second-order valence-corrected chi connectivity index (χ2v) is 5.30. The van der Waals surface area contributed by atoms with Crippen LogP contribution in [0.1, 0.15) is 0 Å². The van der Waals surface area contributed by atoms with Gasteiger partial charge in [0.05, 0.1) is 0 Å². The van der Waals surface area contributed by atoms with Crippen LogP contribution in [0.5, 0.6) is 0 Å². The van der Waals surface area contributed by atoms with Crippen LogP contribution in [0.2, 0.25) is 0 Å². The molecule has 138 valence electrons. The molecule has 1 unspecified atom stereocenters. The van der Waals surface area contributed by atoms with Gasteiger partial charge in [-0.15, -0.1) is 0 Å². The largest absolute Gasteiger partial charge is 0.743 e. The minimum Gasteiger partial charge on any atom is -0.743 e. The molecule has 24 heavy (non-hydrogen) atoms. The number of alkyl halides is 5. The van der Waals surface area contributed by atoms with E-state index in [-0.39, 0.29) is 6.08 Å². The van der Waals surface area contributed by atoms with Crippen molar-refractivity contribution < 1.29 is 54.0 Å². The molecule has 0 saturated heterocycles. The topological polar surface area (TPSA) is 122 Å². The molecule has 0 saturated carbocycles. The molecule has 8 nitrogen and oxygen atoms in total. The number of carbonyl (C=O) groups is 2. The van der Waals surface area contributed by atoms with Gasteiger partial charge >= 0.3 is 29.1 Å². The molecule has 0 aliphatic heterocycles. The lowest BCUT2D eigenvalue weighted by Crippen LogP contribution is -2.61. The molecule has 0 rings (SSSR count). The molecule has 0 aliphatic rings. The lowest BCUT2D eigenvalue weighted by atomic mass is 10.2. The Hall–Kier alpha value is -2.06. The van der Waals surface area contributed by atoms with Crippen LogP contribution in [0.3, 0.4) is 0 Å². The lowest BCUT2D eigenvalue weighted by Gasteiger charge is -2.33. The highest BCUT2D eigenvalue weighted by molar-refractivity contribution is 7.86. The first-order chi connectivity index (χ1) is 10.6. The summed E-state index contributed by atoms with van der Waals surface area (Å²) in [7, 11) is -6.43. The van der Waals surface area contributed by atoms with Crippen molar-refractivity contribution in [3.05, 3.63) is 25.4 Å². The van der Waals surface area contributed by atoms with E-state index >= 15 is 0 Å². The van der Waals surface area contributed by atoms with Crippen LogP contribution >= 0.6 is 0 Å². The maximum absolute atomic E-state index is 13.1. The van der Waals surface area contributed by atoms with Crippen molar-refractivity contribution in [3.63, 3.8) is 0 Å². The zero-order chi connectivity index (χ0) is 19.4. The molecule has 0 aromatic heterocycles. The molecule has 1 amide bonds. The lowest BCUT2D eigenvalue weighted by molar-refractivity contribution is -0.352. The van der Waals surface area contributed by atoms with Crippen molar-refractivity contribution >= 4 is 22.0 Å². The molecule has 0 heterocycles. The fraction of sp³-hybridized carbons (Fsp3) is 0.400. The van der Waals surface area contributed by atoms with Crippen molar-refractivity contribution in [1.29, 1.82) is 0 Å². The van der Waals surface area contributed by atoms with Crippen LogP contribution < -0.4 is 5.32 Å². The third-order valence-electron chi connectivity index (χ3n) is 2.13. The van der Waals surface area contributed by atoms with Gasteiger partial charge in [0.2, 0.25) is 0 Å². The van der Waals surface area contributed by atoms with Crippen molar-refractivity contribution in [3.8, 4) is 0 Å². The maximum atomic E-state index is 13.1. The Balaban J connectivity index is 6.00. The fourth-order valence-corrected chi connectivity index (χ4v) is 1.24. The number of amides is 1. The van der Waals surface area contributed by atoms with E-state index in [1.165, 1.54) is 5.32 Å². The summed E-state index contributed by atoms with van der Waals surface area (Å²) in [6, 6.07) is 0. The Kier molecular flexibility index (Phi) is 6.61. The number of esters is 1. The van der Waals surface area contributed by atoms with Gasteiger partial charge in [-0.2, -0.15) is 22.0 Å². The van der Waals surface area contributed by atoms with Gasteiger partial charge in [-0.1, -0.05) is 13.2 Å². The zero-order valence-corrected chi connectivity index (χ0v) is 12.2. The maximum Gasteiger partial charge on any atom is 0.466 e. The second-order valence-electron chi connectivity index (χ2n) is 3.80. The van der Waals surface area contributed by atoms with Gasteiger partial charge in [0.1, 0.15) is 6.61 Å².